The highest BCUT2D eigenvalue weighted by Gasteiger charge is 2.38. The predicted molar refractivity (Wildman–Crippen MR) is 139 cm³/mol. The molecule has 2 unspecified atom stereocenters. The molecule has 0 bridgehead atoms. The highest BCUT2D eigenvalue weighted by atomic mass is 35.5. The van der Waals surface area contributed by atoms with Gasteiger partial charge in [-0.3, -0.25) is 9.47 Å². The first-order valence-corrected chi connectivity index (χ1v) is 12.5. The molecule has 1 saturated heterocycles. The molecule has 0 amide bonds. The van der Waals surface area contributed by atoms with Gasteiger partial charge in [0.25, 0.3) is 0 Å². The van der Waals surface area contributed by atoms with Crippen molar-refractivity contribution in [3.8, 4) is 11.8 Å². The van der Waals surface area contributed by atoms with Crippen molar-refractivity contribution in [2.75, 3.05) is 13.1 Å². The fourth-order valence-corrected chi connectivity index (χ4v) is 5.43. The van der Waals surface area contributed by atoms with Gasteiger partial charge in [-0.25, -0.2) is 8.78 Å². The van der Waals surface area contributed by atoms with Gasteiger partial charge in [-0.2, -0.15) is 5.26 Å². The van der Waals surface area contributed by atoms with Crippen LogP contribution >= 0.6 is 11.6 Å². The minimum Gasteiger partial charge on any atom is -0.292 e. The van der Waals surface area contributed by atoms with E-state index in [9.17, 15) is 9.65 Å². The Morgan fingerprint density at radius 2 is 1.78 bits per heavy atom. The van der Waals surface area contributed by atoms with Gasteiger partial charge < -0.3 is 0 Å². The molecule has 0 radical (unpaired) electrons. The summed E-state index contributed by atoms with van der Waals surface area (Å²) in [6, 6.07) is 22.0. The Labute approximate surface area is 219 Å². The minimum atomic E-state index is -1.49. The molecule has 3 aromatic carbocycles. The third kappa shape index (κ3) is 5.87. The summed E-state index contributed by atoms with van der Waals surface area (Å²) >= 11 is 6.12. The lowest BCUT2D eigenvalue weighted by atomic mass is 9.82. The van der Waals surface area contributed by atoms with Crippen LogP contribution in [0.2, 0.25) is 5.02 Å². The SMILES string of the molecule is CC(F)(Cc1cc(F)cc(-n2cnnc2)c1)CC1CN(C(c2ccc(Cl)cc2)c2cccc(C#N)c2)C1. The molecule has 2 atom stereocenters. The van der Waals surface area contributed by atoms with Crippen molar-refractivity contribution >= 4 is 11.6 Å². The zero-order valence-corrected chi connectivity index (χ0v) is 21.1. The quantitative estimate of drug-likeness (QED) is 0.275. The molecule has 1 aromatic heterocycles. The molecule has 5 nitrogen and oxygen atoms in total. The molecular formula is C29H26ClF2N5. The number of aromatic nitrogens is 3. The Bertz CT molecular complexity index is 1410. The third-order valence-electron chi connectivity index (χ3n) is 6.81. The van der Waals surface area contributed by atoms with E-state index < -0.39 is 11.5 Å². The Morgan fingerprint density at radius 1 is 1.05 bits per heavy atom. The molecule has 1 aliphatic rings. The third-order valence-corrected chi connectivity index (χ3v) is 7.07. The summed E-state index contributed by atoms with van der Waals surface area (Å²) < 4.78 is 31.6. The number of nitrogens with zero attached hydrogens (tertiary/aromatic N) is 5. The van der Waals surface area contributed by atoms with E-state index in [0.29, 0.717) is 28.3 Å². The van der Waals surface area contributed by atoms with Crippen LogP contribution in [0.25, 0.3) is 5.69 Å². The summed E-state index contributed by atoms with van der Waals surface area (Å²) in [5.74, 6) is -0.257. The van der Waals surface area contributed by atoms with Crippen molar-refractivity contribution in [2.24, 2.45) is 5.92 Å². The Morgan fingerprint density at radius 3 is 2.49 bits per heavy atom. The number of rotatable bonds is 8. The second-order valence-corrected chi connectivity index (χ2v) is 10.4. The minimum absolute atomic E-state index is 0.0535. The molecular weight excluding hydrogens is 492 g/mol. The van der Waals surface area contributed by atoms with Crippen LogP contribution in [0, 0.1) is 23.1 Å². The van der Waals surface area contributed by atoms with E-state index in [1.54, 1.807) is 23.6 Å². The normalized spacial score (nSPS) is 16.5. The zero-order chi connectivity index (χ0) is 26.0. The van der Waals surface area contributed by atoms with Gasteiger partial charge in [0.15, 0.2) is 0 Å². The Kier molecular flexibility index (Phi) is 7.05. The lowest BCUT2D eigenvalue weighted by Crippen LogP contribution is -2.50. The first kappa shape index (κ1) is 25.1. The van der Waals surface area contributed by atoms with Crippen LogP contribution in [-0.4, -0.2) is 38.4 Å². The van der Waals surface area contributed by atoms with Crippen molar-refractivity contribution in [3.05, 3.63) is 112 Å². The van der Waals surface area contributed by atoms with Gasteiger partial charge in [0.2, 0.25) is 0 Å². The van der Waals surface area contributed by atoms with Gasteiger partial charge in [-0.1, -0.05) is 35.9 Å². The first-order chi connectivity index (χ1) is 17.8. The van der Waals surface area contributed by atoms with Crippen LogP contribution in [0.1, 0.15) is 41.6 Å². The maximum absolute atomic E-state index is 15.7. The molecule has 188 valence electrons. The van der Waals surface area contributed by atoms with Crippen LogP contribution < -0.4 is 0 Å². The second-order valence-electron chi connectivity index (χ2n) is 9.99. The van der Waals surface area contributed by atoms with Crippen LogP contribution in [0.4, 0.5) is 8.78 Å². The van der Waals surface area contributed by atoms with E-state index in [4.69, 9.17) is 11.6 Å². The van der Waals surface area contributed by atoms with E-state index in [1.165, 1.54) is 24.8 Å². The maximum Gasteiger partial charge on any atom is 0.125 e. The number of hydrogen-bond acceptors (Lipinski definition) is 4. The monoisotopic (exact) mass is 517 g/mol. The number of halogens is 3. The smallest absolute Gasteiger partial charge is 0.125 e. The maximum atomic E-state index is 15.7. The zero-order valence-electron chi connectivity index (χ0n) is 20.4. The molecule has 8 heteroatoms. The van der Waals surface area contributed by atoms with Gasteiger partial charge in [0, 0.05) is 24.5 Å². The number of likely N-dealkylation sites (tertiary alicyclic amines) is 1. The van der Waals surface area contributed by atoms with Gasteiger partial charge in [0.05, 0.1) is 23.4 Å². The summed E-state index contributed by atoms with van der Waals surface area (Å²) in [4.78, 5) is 2.30. The molecule has 1 fully saturated rings. The average molecular weight is 518 g/mol. The topological polar surface area (TPSA) is 57.7 Å². The second kappa shape index (κ2) is 10.4. The number of alkyl halides is 1. The van der Waals surface area contributed by atoms with Gasteiger partial charge >= 0.3 is 0 Å². The Hall–Kier alpha value is -3.60. The lowest BCUT2D eigenvalue weighted by Gasteiger charge is -2.46. The van der Waals surface area contributed by atoms with Gasteiger partial charge in [-0.05, 0) is 78.4 Å². The summed E-state index contributed by atoms with van der Waals surface area (Å²) in [6.45, 7) is 3.03. The Balaban J connectivity index is 1.29. The van der Waals surface area contributed by atoms with Crippen LogP contribution in [0.5, 0.6) is 0 Å². The van der Waals surface area contributed by atoms with Crippen molar-refractivity contribution in [3.63, 3.8) is 0 Å². The van der Waals surface area contributed by atoms with Crippen LogP contribution in [0.15, 0.2) is 79.4 Å². The molecule has 0 saturated carbocycles. The number of hydrogen-bond donors (Lipinski definition) is 0. The van der Waals surface area contributed by atoms with Gasteiger partial charge in [0.1, 0.15) is 24.1 Å². The van der Waals surface area contributed by atoms with Gasteiger partial charge in [-0.15, -0.1) is 10.2 Å². The fraction of sp³-hybridized carbons (Fsp3) is 0.276. The fourth-order valence-electron chi connectivity index (χ4n) is 5.31. The highest BCUT2D eigenvalue weighted by molar-refractivity contribution is 6.30. The summed E-state index contributed by atoms with van der Waals surface area (Å²) in [6.07, 6.45) is 3.45. The molecule has 0 spiro atoms. The molecule has 5 rings (SSSR count). The lowest BCUT2D eigenvalue weighted by molar-refractivity contribution is 0.0238. The van der Waals surface area contributed by atoms with E-state index in [2.05, 4.69) is 21.2 Å². The summed E-state index contributed by atoms with van der Waals surface area (Å²) in [7, 11) is 0. The standard InChI is InChI=1S/C29H26ClF2N5/c1-29(32,13-21-10-26(31)12-27(11-21)37-18-34-35-19-37)14-22-16-36(17-22)28(23-5-7-25(30)8-6-23)24-4-2-3-20(9-24)15-33/h2-12,18-19,22,28H,13-14,16-17H2,1H3. The first-order valence-electron chi connectivity index (χ1n) is 12.1. The van der Waals surface area contributed by atoms with E-state index in [0.717, 1.165) is 24.2 Å². The number of nitriles is 1. The molecule has 0 aliphatic carbocycles. The van der Waals surface area contributed by atoms with E-state index in [1.807, 2.05) is 42.5 Å². The molecule has 4 aromatic rings. The molecule has 37 heavy (non-hydrogen) atoms. The summed E-state index contributed by atoms with van der Waals surface area (Å²) in [5, 5.41) is 17.6. The largest absolute Gasteiger partial charge is 0.292 e. The molecule has 2 heterocycles. The highest BCUT2D eigenvalue weighted by Crippen LogP contribution is 2.39. The predicted octanol–water partition coefficient (Wildman–Crippen LogP) is 6.31. The van der Waals surface area contributed by atoms with Crippen LogP contribution in [0.3, 0.4) is 0 Å². The summed E-state index contributed by atoms with van der Waals surface area (Å²) in [5.41, 5.74) is 2.36. The van der Waals surface area contributed by atoms with E-state index in [-0.39, 0.29) is 18.4 Å². The van der Waals surface area contributed by atoms with E-state index >= 15 is 4.39 Å². The average Bonchev–Trinajstić information content (AvgIpc) is 3.38. The van der Waals surface area contributed by atoms with Crippen LogP contribution in [-0.2, 0) is 6.42 Å². The van der Waals surface area contributed by atoms with Crippen molar-refractivity contribution in [1.29, 1.82) is 5.26 Å². The van der Waals surface area contributed by atoms with Crippen molar-refractivity contribution < 1.29 is 8.78 Å². The molecule has 1 aliphatic heterocycles. The number of benzene rings is 3. The van der Waals surface area contributed by atoms with Crippen molar-refractivity contribution in [1.82, 2.24) is 19.7 Å². The molecule has 0 N–H and O–H groups in total. The van der Waals surface area contributed by atoms with Crippen molar-refractivity contribution in [2.45, 2.75) is 31.5 Å².